The Hall–Kier alpha value is -3.27. The first-order valence-electron chi connectivity index (χ1n) is 14.3. The van der Waals surface area contributed by atoms with Crippen LogP contribution in [0.2, 0.25) is 10.0 Å². The lowest BCUT2D eigenvalue weighted by Gasteiger charge is -2.34. The Bertz CT molecular complexity index is 1520. The van der Waals surface area contributed by atoms with Crippen molar-refractivity contribution in [2.45, 2.75) is 71.0 Å². The highest BCUT2D eigenvalue weighted by Gasteiger charge is 2.35. The molecule has 1 N–H and O–H groups in total. The summed E-state index contributed by atoms with van der Waals surface area (Å²) >= 11 is 12.6. The zero-order valence-electron chi connectivity index (χ0n) is 25.1. The molecular weight excluding hydrogens is 609 g/mol. The number of ether oxygens (including phenoxy) is 1. The van der Waals surface area contributed by atoms with Crippen LogP contribution >= 0.6 is 23.2 Å². The molecule has 0 fully saturated rings. The van der Waals surface area contributed by atoms with Crippen LogP contribution in [0.25, 0.3) is 0 Å². The number of nitrogens with one attached hydrogen (secondary N) is 1. The maximum atomic E-state index is 14.3. The Kier molecular flexibility index (Phi) is 12.3. The zero-order chi connectivity index (χ0) is 31.7. The van der Waals surface area contributed by atoms with Gasteiger partial charge in [-0.2, -0.15) is 0 Å². The summed E-state index contributed by atoms with van der Waals surface area (Å²) in [5.41, 5.74) is 1.66. The third kappa shape index (κ3) is 8.65. The van der Waals surface area contributed by atoms with Crippen LogP contribution in [0.4, 0.5) is 5.69 Å². The topological polar surface area (TPSA) is 96.0 Å². The van der Waals surface area contributed by atoms with Gasteiger partial charge < -0.3 is 15.0 Å². The molecule has 2 atom stereocenters. The Morgan fingerprint density at radius 3 is 2.23 bits per heavy atom. The van der Waals surface area contributed by atoms with Crippen molar-refractivity contribution < 1.29 is 22.7 Å². The summed E-state index contributed by atoms with van der Waals surface area (Å²) in [6.45, 7) is 8.95. The normalized spacial score (nSPS) is 12.7. The second-order valence-electron chi connectivity index (χ2n) is 10.2. The highest BCUT2D eigenvalue weighted by Crippen LogP contribution is 2.33. The molecule has 0 aliphatic heterocycles. The van der Waals surface area contributed by atoms with E-state index in [1.165, 1.54) is 17.0 Å². The van der Waals surface area contributed by atoms with Gasteiger partial charge in [0.2, 0.25) is 11.8 Å². The third-order valence-corrected chi connectivity index (χ3v) is 9.43. The van der Waals surface area contributed by atoms with Crippen molar-refractivity contribution in [2.24, 2.45) is 0 Å². The fourth-order valence-electron chi connectivity index (χ4n) is 4.49. The molecule has 0 saturated heterocycles. The highest BCUT2D eigenvalue weighted by atomic mass is 35.5. The molecule has 8 nitrogen and oxygen atoms in total. The number of carbonyl (C=O) groups excluding carboxylic acids is 2. The van der Waals surface area contributed by atoms with Crippen molar-refractivity contribution in [3.8, 4) is 5.75 Å². The first-order valence-corrected chi connectivity index (χ1v) is 16.5. The van der Waals surface area contributed by atoms with Crippen molar-refractivity contribution in [2.75, 3.05) is 17.5 Å². The number of para-hydroxylation sites is 2. The van der Waals surface area contributed by atoms with E-state index in [9.17, 15) is 18.0 Å². The zero-order valence-corrected chi connectivity index (χ0v) is 27.5. The summed E-state index contributed by atoms with van der Waals surface area (Å²) in [6, 6.07) is 17.0. The lowest BCUT2D eigenvalue weighted by Crippen LogP contribution is -2.53. The molecule has 0 heterocycles. The molecule has 3 aromatic carbocycles. The smallest absolute Gasteiger partial charge is 0.264 e. The Morgan fingerprint density at radius 1 is 0.953 bits per heavy atom. The maximum Gasteiger partial charge on any atom is 0.264 e. The van der Waals surface area contributed by atoms with Gasteiger partial charge in [0.25, 0.3) is 10.0 Å². The van der Waals surface area contributed by atoms with Gasteiger partial charge in [-0.15, -0.1) is 0 Å². The van der Waals surface area contributed by atoms with Crippen LogP contribution < -0.4 is 14.4 Å². The molecule has 3 rings (SSSR count). The van der Waals surface area contributed by atoms with Crippen molar-refractivity contribution in [1.82, 2.24) is 10.2 Å². The predicted molar refractivity (Wildman–Crippen MR) is 172 cm³/mol. The minimum absolute atomic E-state index is 0.0195. The molecule has 232 valence electrons. The van der Waals surface area contributed by atoms with Gasteiger partial charge in [0.05, 0.1) is 17.2 Å². The van der Waals surface area contributed by atoms with E-state index in [1.54, 1.807) is 68.4 Å². The molecule has 0 bridgehead atoms. The van der Waals surface area contributed by atoms with E-state index in [0.29, 0.717) is 34.2 Å². The van der Waals surface area contributed by atoms with Crippen molar-refractivity contribution in [3.63, 3.8) is 0 Å². The summed E-state index contributed by atoms with van der Waals surface area (Å²) < 4.78 is 35.1. The van der Waals surface area contributed by atoms with Crippen molar-refractivity contribution >= 4 is 50.7 Å². The number of sulfonamides is 1. The third-order valence-electron chi connectivity index (χ3n) is 7.06. The number of benzene rings is 3. The average Bonchev–Trinajstić information content (AvgIpc) is 2.97. The minimum atomic E-state index is -4.24. The largest absolute Gasteiger partial charge is 0.492 e. The quantitative estimate of drug-likeness (QED) is 0.212. The first-order chi connectivity index (χ1) is 20.4. The number of hydrogen-bond acceptors (Lipinski definition) is 5. The molecule has 43 heavy (non-hydrogen) atoms. The van der Waals surface area contributed by atoms with E-state index < -0.39 is 28.5 Å². The van der Waals surface area contributed by atoms with Crippen molar-refractivity contribution in [1.29, 1.82) is 0 Å². The van der Waals surface area contributed by atoms with Gasteiger partial charge in [0, 0.05) is 22.6 Å². The number of hydrogen-bond donors (Lipinski definition) is 1. The van der Waals surface area contributed by atoms with E-state index >= 15 is 0 Å². The molecule has 2 amide bonds. The molecule has 0 saturated carbocycles. The van der Waals surface area contributed by atoms with E-state index in [-0.39, 0.29) is 35.7 Å². The molecular formula is C32H39Cl2N3O5S. The molecule has 11 heteroatoms. The number of rotatable bonds is 14. The van der Waals surface area contributed by atoms with E-state index in [4.69, 9.17) is 27.9 Å². The van der Waals surface area contributed by atoms with E-state index in [1.807, 2.05) is 20.8 Å². The molecule has 0 unspecified atom stereocenters. The Morgan fingerprint density at radius 2 is 1.63 bits per heavy atom. The summed E-state index contributed by atoms with van der Waals surface area (Å²) in [4.78, 5) is 29.2. The number of halogens is 2. The van der Waals surface area contributed by atoms with Crippen LogP contribution in [0.3, 0.4) is 0 Å². The monoisotopic (exact) mass is 647 g/mol. The fraction of sp³-hybridized carbons (Fsp3) is 0.375. The molecule has 0 aliphatic carbocycles. The van der Waals surface area contributed by atoms with Crippen molar-refractivity contribution in [3.05, 3.63) is 87.9 Å². The van der Waals surface area contributed by atoms with Crippen LogP contribution in [0.5, 0.6) is 5.75 Å². The van der Waals surface area contributed by atoms with Crippen LogP contribution in [-0.2, 0) is 26.2 Å². The van der Waals surface area contributed by atoms with Gasteiger partial charge in [0.1, 0.15) is 18.3 Å². The number of amides is 2. The van der Waals surface area contributed by atoms with Gasteiger partial charge >= 0.3 is 0 Å². The maximum absolute atomic E-state index is 14.3. The summed E-state index contributed by atoms with van der Waals surface area (Å²) in [5.74, 6) is -0.612. The van der Waals surface area contributed by atoms with Gasteiger partial charge in [-0.1, -0.05) is 72.9 Å². The molecule has 0 aromatic heterocycles. The summed E-state index contributed by atoms with van der Waals surface area (Å²) in [6.07, 6.45) is 0.995. The summed E-state index contributed by atoms with van der Waals surface area (Å²) in [5, 5.41) is 3.71. The fourth-order valence-corrected chi connectivity index (χ4v) is 6.38. The van der Waals surface area contributed by atoms with E-state index in [2.05, 4.69) is 5.32 Å². The highest BCUT2D eigenvalue weighted by molar-refractivity contribution is 7.92. The van der Waals surface area contributed by atoms with Crippen LogP contribution in [0, 0.1) is 6.92 Å². The van der Waals surface area contributed by atoms with Crippen LogP contribution in [0.1, 0.15) is 51.7 Å². The average molecular weight is 649 g/mol. The molecule has 0 radical (unpaired) electrons. The Balaban J connectivity index is 2.13. The number of aryl methyl sites for hydroxylation is 1. The summed E-state index contributed by atoms with van der Waals surface area (Å²) in [7, 11) is -4.24. The van der Waals surface area contributed by atoms with E-state index in [0.717, 1.165) is 9.87 Å². The van der Waals surface area contributed by atoms with Crippen LogP contribution in [0.15, 0.2) is 71.6 Å². The Labute approximate surface area is 265 Å². The second kappa shape index (κ2) is 15.5. The number of carbonyl (C=O) groups is 2. The SMILES string of the molecule is CCOc1ccccc1N(CC(=O)N(Cc1ccc(Cl)cc1Cl)[C@@H](CC)C(=O)N[C@H](C)CC)S(=O)(=O)c1ccc(C)cc1. The van der Waals surface area contributed by atoms with Gasteiger partial charge in [-0.25, -0.2) is 8.42 Å². The minimum Gasteiger partial charge on any atom is -0.492 e. The molecule has 3 aromatic rings. The lowest BCUT2D eigenvalue weighted by atomic mass is 10.1. The van der Waals surface area contributed by atoms with Gasteiger partial charge in [-0.3, -0.25) is 13.9 Å². The predicted octanol–water partition coefficient (Wildman–Crippen LogP) is 6.62. The molecule has 0 spiro atoms. The second-order valence-corrected chi connectivity index (χ2v) is 12.9. The van der Waals surface area contributed by atoms with Gasteiger partial charge in [0.15, 0.2) is 0 Å². The van der Waals surface area contributed by atoms with Gasteiger partial charge in [-0.05, 0) is 75.6 Å². The first kappa shape index (κ1) is 34.2. The van der Waals surface area contributed by atoms with Crippen LogP contribution in [-0.4, -0.2) is 50.4 Å². The molecule has 0 aliphatic rings. The standard InChI is InChI=1S/C32H39Cl2N3O5S/c1-6-23(5)35-32(39)28(7-2)36(20-24-15-16-25(33)19-27(24)34)31(38)21-37(29-11-9-10-12-30(29)42-8-3)43(40,41)26-17-13-22(4)14-18-26/h9-19,23,28H,6-8,20-21H2,1-5H3,(H,35,39)/t23-,28+/m1/s1. The number of nitrogens with zero attached hydrogens (tertiary/aromatic N) is 2. The number of anilines is 1. The lowest BCUT2D eigenvalue weighted by molar-refractivity contribution is -0.140.